The van der Waals surface area contributed by atoms with Crippen LogP contribution in [0.4, 0.5) is 0 Å². The fraction of sp³-hybridized carbons (Fsp3) is 0.571. The van der Waals surface area contributed by atoms with E-state index in [1.807, 2.05) is 6.07 Å². The van der Waals surface area contributed by atoms with Gasteiger partial charge in [0.05, 0.1) is 0 Å². The number of aliphatic hydroxyl groups excluding tert-OH is 1. The third-order valence-corrected chi connectivity index (χ3v) is 3.69. The molecule has 2 nitrogen and oxygen atoms in total. The van der Waals surface area contributed by atoms with Crippen molar-refractivity contribution in [1.29, 1.82) is 0 Å². The van der Waals surface area contributed by atoms with Crippen molar-refractivity contribution in [3.63, 3.8) is 0 Å². The lowest BCUT2D eigenvalue weighted by Crippen LogP contribution is -2.30. The summed E-state index contributed by atoms with van der Waals surface area (Å²) in [7, 11) is 0. The summed E-state index contributed by atoms with van der Waals surface area (Å²) in [6.45, 7) is 4.64. The van der Waals surface area contributed by atoms with E-state index in [9.17, 15) is 0 Å². The van der Waals surface area contributed by atoms with E-state index in [2.05, 4.69) is 53.3 Å². The molecule has 0 saturated heterocycles. The van der Waals surface area contributed by atoms with Crippen molar-refractivity contribution < 1.29 is 5.11 Å². The van der Waals surface area contributed by atoms with Gasteiger partial charge in [0, 0.05) is 23.2 Å². The summed E-state index contributed by atoms with van der Waals surface area (Å²) in [6.07, 6.45) is 2.93. The lowest BCUT2D eigenvalue weighted by atomic mass is 10.0. The lowest BCUT2D eigenvalue weighted by Gasteiger charge is -2.23. The first kappa shape index (κ1) is 14.7. The van der Waals surface area contributed by atoms with E-state index in [1.165, 1.54) is 5.56 Å². The Balaban J connectivity index is 2.62. The molecule has 17 heavy (non-hydrogen) atoms. The molecule has 2 N–H and O–H groups in total. The van der Waals surface area contributed by atoms with Crippen LogP contribution < -0.4 is 5.32 Å². The van der Waals surface area contributed by atoms with Crippen LogP contribution in [0.3, 0.4) is 0 Å². The zero-order valence-corrected chi connectivity index (χ0v) is 12.2. The van der Waals surface area contributed by atoms with Crippen LogP contribution in [0.15, 0.2) is 28.7 Å². The van der Waals surface area contributed by atoms with Crippen LogP contribution in [0, 0.1) is 0 Å². The van der Waals surface area contributed by atoms with Crippen molar-refractivity contribution in [2.45, 2.75) is 45.2 Å². The van der Waals surface area contributed by atoms with E-state index in [-0.39, 0.29) is 6.61 Å². The summed E-state index contributed by atoms with van der Waals surface area (Å²) in [5.41, 5.74) is 1.31. The number of rotatable bonds is 7. The molecule has 0 aliphatic heterocycles. The largest absolute Gasteiger partial charge is 0.396 e. The minimum atomic E-state index is 0.276. The SMILES string of the molecule is CCC(NC(C)CCCO)c1ccccc1Br. The number of aliphatic hydroxyl groups is 1. The van der Waals surface area contributed by atoms with Crippen molar-refractivity contribution in [2.24, 2.45) is 0 Å². The molecule has 0 saturated carbocycles. The fourth-order valence-corrected chi connectivity index (χ4v) is 2.57. The molecule has 2 atom stereocenters. The Bertz CT molecular complexity index is 330. The molecular weight excluding hydrogens is 278 g/mol. The van der Waals surface area contributed by atoms with Crippen molar-refractivity contribution >= 4 is 15.9 Å². The molecule has 0 bridgehead atoms. The standard InChI is InChI=1S/C14H22BrNO/c1-3-14(16-11(2)7-6-10-17)12-8-4-5-9-13(12)15/h4-5,8-9,11,14,16-17H,3,6-7,10H2,1-2H3. The first-order valence-corrected chi connectivity index (χ1v) is 7.09. The molecule has 0 aliphatic carbocycles. The molecule has 0 heterocycles. The molecule has 0 radical (unpaired) electrons. The number of hydrogen-bond acceptors (Lipinski definition) is 2. The summed E-state index contributed by atoms with van der Waals surface area (Å²) < 4.78 is 1.16. The van der Waals surface area contributed by atoms with Crippen LogP contribution in [0.25, 0.3) is 0 Å². The maximum absolute atomic E-state index is 8.83. The van der Waals surface area contributed by atoms with E-state index in [0.29, 0.717) is 12.1 Å². The monoisotopic (exact) mass is 299 g/mol. The average molecular weight is 300 g/mol. The van der Waals surface area contributed by atoms with E-state index < -0.39 is 0 Å². The lowest BCUT2D eigenvalue weighted by molar-refractivity contribution is 0.273. The van der Waals surface area contributed by atoms with Crippen molar-refractivity contribution in [3.05, 3.63) is 34.3 Å². The molecule has 1 aromatic rings. The molecule has 1 aromatic carbocycles. The van der Waals surface area contributed by atoms with Gasteiger partial charge in [0.15, 0.2) is 0 Å². The van der Waals surface area contributed by atoms with Gasteiger partial charge < -0.3 is 10.4 Å². The highest BCUT2D eigenvalue weighted by Gasteiger charge is 2.14. The van der Waals surface area contributed by atoms with Gasteiger partial charge in [-0.1, -0.05) is 41.1 Å². The van der Waals surface area contributed by atoms with Crippen LogP contribution in [0.2, 0.25) is 0 Å². The molecule has 0 aliphatic rings. The first-order chi connectivity index (χ1) is 8.19. The summed E-state index contributed by atoms with van der Waals surface area (Å²) in [4.78, 5) is 0. The van der Waals surface area contributed by atoms with Crippen LogP contribution in [-0.4, -0.2) is 17.8 Å². The van der Waals surface area contributed by atoms with Crippen molar-refractivity contribution in [1.82, 2.24) is 5.32 Å². The number of nitrogens with one attached hydrogen (secondary N) is 1. The molecule has 0 spiro atoms. The van der Waals surface area contributed by atoms with Gasteiger partial charge in [-0.05, 0) is 37.8 Å². The Labute approximate surface area is 113 Å². The van der Waals surface area contributed by atoms with E-state index in [1.54, 1.807) is 0 Å². The van der Waals surface area contributed by atoms with Crippen LogP contribution in [0.1, 0.15) is 44.7 Å². The van der Waals surface area contributed by atoms with Gasteiger partial charge in [-0.15, -0.1) is 0 Å². The topological polar surface area (TPSA) is 32.3 Å². The maximum Gasteiger partial charge on any atom is 0.0431 e. The molecular formula is C14H22BrNO. The second-order valence-electron chi connectivity index (χ2n) is 4.42. The average Bonchev–Trinajstić information content (AvgIpc) is 2.34. The molecule has 3 heteroatoms. The Morgan fingerprint density at radius 3 is 2.65 bits per heavy atom. The highest BCUT2D eigenvalue weighted by molar-refractivity contribution is 9.10. The van der Waals surface area contributed by atoms with E-state index >= 15 is 0 Å². The zero-order chi connectivity index (χ0) is 12.7. The number of hydrogen-bond donors (Lipinski definition) is 2. The van der Waals surface area contributed by atoms with Crippen LogP contribution in [-0.2, 0) is 0 Å². The summed E-state index contributed by atoms with van der Waals surface area (Å²) in [6, 6.07) is 9.15. The zero-order valence-electron chi connectivity index (χ0n) is 10.6. The molecule has 1 rings (SSSR count). The van der Waals surface area contributed by atoms with Crippen LogP contribution >= 0.6 is 15.9 Å². The Hall–Kier alpha value is -0.380. The fourth-order valence-electron chi connectivity index (χ4n) is 2.01. The molecule has 2 unspecified atom stereocenters. The minimum Gasteiger partial charge on any atom is -0.396 e. The third kappa shape index (κ3) is 4.78. The van der Waals surface area contributed by atoms with E-state index in [0.717, 1.165) is 23.7 Å². The number of halogens is 1. The van der Waals surface area contributed by atoms with Gasteiger partial charge >= 0.3 is 0 Å². The van der Waals surface area contributed by atoms with Gasteiger partial charge in [0.1, 0.15) is 0 Å². The Morgan fingerprint density at radius 1 is 1.35 bits per heavy atom. The Morgan fingerprint density at radius 2 is 2.06 bits per heavy atom. The Kier molecular flexibility index (Phi) is 6.78. The van der Waals surface area contributed by atoms with Crippen LogP contribution in [0.5, 0.6) is 0 Å². The van der Waals surface area contributed by atoms with Gasteiger partial charge in [-0.3, -0.25) is 0 Å². The number of benzene rings is 1. The normalized spacial score (nSPS) is 14.6. The molecule has 0 amide bonds. The van der Waals surface area contributed by atoms with Gasteiger partial charge in [0.25, 0.3) is 0 Å². The summed E-state index contributed by atoms with van der Waals surface area (Å²) in [5.74, 6) is 0. The maximum atomic E-state index is 8.83. The quantitative estimate of drug-likeness (QED) is 0.805. The molecule has 96 valence electrons. The third-order valence-electron chi connectivity index (χ3n) is 2.97. The smallest absolute Gasteiger partial charge is 0.0431 e. The van der Waals surface area contributed by atoms with Gasteiger partial charge in [-0.2, -0.15) is 0 Å². The molecule has 0 fully saturated rings. The van der Waals surface area contributed by atoms with Gasteiger partial charge in [0.2, 0.25) is 0 Å². The second kappa shape index (κ2) is 7.85. The summed E-state index contributed by atoms with van der Waals surface area (Å²) >= 11 is 3.60. The van der Waals surface area contributed by atoms with Crippen molar-refractivity contribution in [2.75, 3.05) is 6.61 Å². The predicted octanol–water partition coefficient (Wildman–Crippen LogP) is 3.65. The van der Waals surface area contributed by atoms with E-state index in [4.69, 9.17) is 5.11 Å². The minimum absolute atomic E-state index is 0.276. The van der Waals surface area contributed by atoms with Gasteiger partial charge in [-0.25, -0.2) is 0 Å². The highest BCUT2D eigenvalue weighted by Crippen LogP contribution is 2.25. The molecule has 0 aromatic heterocycles. The highest BCUT2D eigenvalue weighted by atomic mass is 79.9. The first-order valence-electron chi connectivity index (χ1n) is 6.30. The van der Waals surface area contributed by atoms with Crippen molar-refractivity contribution in [3.8, 4) is 0 Å². The second-order valence-corrected chi connectivity index (χ2v) is 5.27. The predicted molar refractivity (Wildman–Crippen MR) is 76.1 cm³/mol. The summed E-state index contributed by atoms with van der Waals surface area (Å²) in [5, 5.41) is 12.4.